The molecule has 23 heavy (non-hydrogen) atoms. The lowest BCUT2D eigenvalue weighted by Crippen LogP contribution is -2.47. The first-order valence-electron chi connectivity index (χ1n) is 7.97. The van der Waals surface area contributed by atoms with Crippen LogP contribution in [0.4, 0.5) is 4.39 Å². The third-order valence-electron chi connectivity index (χ3n) is 4.45. The Kier molecular flexibility index (Phi) is 5.05. The second kappa shape index (κ2) is 7.21. The van der Waals surface area contributed by atoms with Gasteiger partial charge >= 0.3 is 0 Å². The van der Waals surface area contributed by atoms with E-state index in [9.17, 15) is 9.50 Å². The van der Waals surface area contributed by atoms with Crippen molar-refractivity contribution in [1.29, 1.82) is 0 Å². The highest BCUT2D eigenvalue weighted by atomic mass is 19.1. The number of hydrogen-bond acceptors (Lipinski definition) is 4. The number of imidazole rings is 1. The Balaban J connectivity index is 1.49. The number of nitrogens with zero attached hydrogens (tertiary/aromatic N) is 4. The molecule has 5 nitrogen and oxygen atoms in total. The van der Waals surface area contributed by atoms with Crippen LogP contribution in [0.3, 0.4) is 0 Å². The van der Waals surface area contributed by atoms with E-state index in [2.05, 4.69) is 14.8 Å². The van der Waals surface area contributed by atoms with Crippen LogP contribution >= 0.6 is 0 Å². The van der Waals surface area contributed by atoms with Gasteiger partial charge in [-0.15, -0.1) is 0 Å². The second-order valence-corrected chi connectivity index (χ2v) is 6.07. The molecule has 1 aromatic heterocycles. The van der Waals surface area contributed by atoms with Crippen LogP contribution in [0.5, 0.6) is 0 Å². The molecule has 1 atom stereocenters. The first kappa shape index (κ1) is 16.1. The van der Waals surface area contributed by atoms with E-state index in [0.29, 0.717) is 12.1 Å². The molecule has 6 heteroatoms. The average molecular weight is 318 g/mol. The molecule has 1 aromatic carbocycles. The van der Waals surface area contributed by atoms with E-state index in [1.807, 2.05) is 24.0 Å². The van der Waals surface area contributed by atoms with E-state index in [0.717, 1.165) is 38.5 Å². The molecule has 3 rings (SSSR count). The Labute approximate surface area is 136 Å². The number of aromatic nitrogens is 2. The van der Waals surface area contributed by atoms with Gasteiger partial charge in [-0.2, -0.15) is 0 Å². The van der Waals surface area contributed by atoms with Gasteiger partial charge in [-0.05, 0) is 6.07 Å². The maximum Gasteiger partial charge on any atom is 0.129 e. The number of halogens is 1. The summed E-state index contributed by atoms with van der Waals surface area (Å²) in [5.74, 6) is 0.721. The van der Waals surface area contributed by atoms with Crippen LogP contribution in [-0.4, -0.2) is 57.2 Å². The third kappa shape index (κ3) is 3.96. The maximum absolute atomic E-state index is 13.7. The van der Waals surface area contributed by atoms with Crippen LogP contribution in [0.2, 0.25) is 0 Å². The van der Waals surface area contributed by atoms with Crippen molar-refractivity contribution in [1.82, 2.24) is 19.4 Å². The summed E-state index contributed by atoms with van der Waals surface area (Å²) in [6.07, 6.45) is 2.99. The number of aliphatic hydroxyl groups is 1. The van der Waals surface area contributed by atoms with E-state index >= 15 is 0 Å². The molecule has 0 spiro atoms. The van der Waals surface area contributed by atoms with Crippen LogP contribution in [0.15, 0.2) is 36.7 Å². The highest BCUT2D eigenvalue weighted by molar-refractivity contribution is 5.20. The summed E-state index contributed by atoms with van der Waals surface area (Å²) in [6, 6.07) is 6.44. The first-order valence-corrected chi connectivity index (χ1v) is 7.97. The van der Waals surface area contributed by atoms with E-state index in [4.69, 9.17) is 0 Å². The zero-order valence-electron chi connectivity index (χ0n) is 13.4. The fourth-order valence-corrected chi connectivity index (χ4v) is 2.97. The molecule has 1 aliphatic rings. The van der Waals surface area contributed by atoms with Gasteiger partial charge in [0.2, 0.25) is 0 Å². The van der Waals surface area contributed by atoms with Crippen molar-refractivity contribution < 1.29 is 9.50 Å². The number of piperazine rings is 1. The molecule has 2 aromatic rings. The zero-order valence-corrected chi connectivity index (χ0v) is 13.4. The SMILES string of the molecule is Cn1ccnc1CN1CCN(CC(O)c2ccccc2F)CC1. The molecule has 2 heterocycles. The number of β-amino-alcohol motifs (C(OH)–C–C–N with tert-alkyl or cyclic N) is 1. The summed E-state index contributed by atoms with van der Waals surface area (Å²) >= 11 is 0. The molecule has 0 saturated carbocycles. The fraction of sp³-hybridized carbons (Fsp3) is 0.471. The highest BCUT2D eigenvalue weighted by Crippen LogP contribution is 2.18. The Bertz CT molecular complexity index is 637. The van der Waals surface area contributed by atoms with Crippen LogP contribution in [0.25, 0.3) is 0 Å². The quantitative estimate of drug-likeness (QED) is 0.905. The standard InChI is InChI=1S/C17H23FN4O/c1-20-7-6-19-17(20)13-22-10-8-21(9-11-22)12-16(23)14-4-2-3-5-15(14)18/h2-7,16,23H,8-13H2,1H3. The predicted octanol–water partition coefficient (Wildman–Crippen LogP) is 1.41. The van der Waals surface area contributed by atoms with E-state index in [-0.39, 0.29) is 5.82 Å². The van der Waals surface area contributed by atoms with Crippen molar-refractivity contribution >= 4 is 0 Å². The number of rotatable bonds is 5. The van der Waals surface area contributed by atoms with Crippen LogP contribution in [-0.2, 0) is 13.6 Å². The minimum Gasteiger partial charge on any atom is -0.387 e. The summed E-state index contributed by atoms with van der Waals surface area (Å²) in [4.78, 5) is 8.89. The van der Waals surface area contributed by atoms with Gasteiger partial charge < -0.3 is 9.67 Å². The van der Waals surface area contributed by atoms with Crippen LogP contribution in [0.1, 0.15) is 17.5 Å². The topological polar surface area (TPSA) is 44.5 Å². The van der Waals surface area contributed by atoms with E-state index in [1.54, 1.807) is 18.2 Å². The van der Waals surface area contributed by atoms with Gasteiger partial charge in [-0.1, -0.05) is 18.2 Å². The number of aliphatic hydroxyl groups excluding tert-OH is 1. The largest absolute Gasteiger partial charge is 0.387 e. The van der Waals surface area contributed by atoms with Crippen LogP contribution < -0.4 is 0 Å². The molecule has 0 bridgehead atoms. The molecule has 0 amide bonds. The van der Waals surface area contributed by atoms with Crippen molar-refractivity contribution in [2.24, 2.45) is 7.05 Å². The molecular weight excluding hydrogens is 295 g/mol. The van der Waals surface area contributed by atoms with Gasteiger partial charge in [0.1, 0.15) is 11.6 Å². The fourth-order valence-electron chi connectivity index (χ4n) is 2.97. The Hall–Kier alpha value is -1.76. The summed E-state index contributed by atoms with van der Waals surface area (Å²) in [7, 11) is 2.00. The molecule has 1 fully saturated rings. The van der Waals surface area contributed by atoms with Gasteiger partial charge in [0.15, 0.2) is 0 Å². The minimum atomic E-state index is -0.780. The van der Waals surface area contributed by atoms with Crippen molar-refractivity contribution in [2.75, 3.05) is 32.7 Å². The highest BCUT2D eigenvalue weighted by Gasteiger charge is 2.21. The lowest BCUT2D eigenvalue weighted by molar-refractivity contribution is 0.0674. The Morgan fingerprint density at radius 1 is 1.17 bits per heavy atom. The van der Waals surface area contributed by atoms with Crippen LogP contribution in [0, 0.1) is 5.82 Å². The predicted molar refractivity (Wildman–Crippen MR) is 86.3 cm³/mol. The summed E-state index contributed by atoms with van der Waals surface area (Å²) in [5, 5.41) is 10.3. The average Bonchev–Trinajstić information content (AvgIpc) is 2.95. The lowest BCUT2D eigenvalue weighted by Gasteiger charge is -2.35. The summed E-state index contributed by atoms with van der Waals surface area (Å²) in [5.41, 5.74) is 0.378. The Morgan fingerprint density at radius 3 is 2.52 bits per heavy atom. The Morgan fingerprint density at radius 2 is 1.87 bits per heavy atom. The number of aryl methyl sites for hydroxylation is 1. The second-order valence-electron chi connectivity index (χ2n) is 6.07. The number of hydrogen-bond donors (Lipinski definition) is 1. The van der Waals surface area contributed by atoms with E-state index in [1.165, 1.54) is 6.07 Å². The first-order chi connectivity index (χ1) is 11.1. The van der Waals surface area contributed by atoms with Crippen molar-refractivity contribution in [2.45, 2.75) is 12.6 Å². The molecule has 0 aliphatic carbocycles. The molecule has 1 unspecified atom stereocenters. The summed E-state index contributed by atoms with van der Waals surface area (Å²) < 4.78 is 15.7. The third-order valence-corrected chi connectivity index (χ3v) is 4.45. The smallest absolute Gasteiger partial charge is 0.129 e. The monoisotopic (exact) mass is 318 g/mol. The van der Waals surface area contributed by atoms with Crippen molar-refractivity contribution in [3.63, 3.8) is 0 Å². The molecule has 124 valence electrons. The van der Waals surface area contributed by atoms with Gasteiger partial charge in [0.25, 0.3) is 0 Å². The zero-order chi connectivity index (χ0) is 16.2. The van der Waals surface area contributed by atoms with E-state index < -0.39 is 6.10 Å². The van der Waals surface area contributed by atoms with Gasteiger partial charge in [-0.3, -0.25) is 9.80 Å². The molecule has 1 N–H and O–H groups in total. The van der Waals surface area contributed by atoms with Crippen molar-refractivity contribution in [3.05, 3.63) is 53.9 Å². The van der Waals surface area contributed by atoms with Gasteiger partial charge in [0, 0.05) is 57.7 Å². The van der Waals surface area contributed by atoms with Crippen molar-refractivity contribution in [3.8, 4) is 0 Å². The number of benzene rings is 1. The minimum absolute atomic E-state index is 0.339. The van der Waals surface area contributed by atoms with Gasteiger partial charge in [-0.25, -0.2) is 9.37 Å². The molecule has 0 radical (unpaired) electrons. The summed E-state index contributed by atoms with van der Waals surface area (Å²) in [6.45, 7) is 4.91. The maximum atomic E-state index is 13.7. The lowest BCUT2D eigenvalue weighted by atomic mass is 10.1. The normalized spacial score (nSPS) is 18.2. The van der Waals surface area contributed by atoms with Gasteiger partial charge in [0.05, 0.1) is 12.6 Å². The molecule has 1 aliphatic heterocycles. The molecular formula is C17H23FN4O. The molecule has 1 saturated heterocycles.